The van der Waals surface area contributed by atoms with Crippen molar-refractivity contribution in [2.45, 2.75) is 64.2 Å². The summed E-state index contributed by atoms with van der Waals surface area (Å²) < 4.78 is 7.37. The maximum atomic E-state index is 12.5. The molecular formula is C22H32N4O2S. The molecule has 1 aliphatic rings. The van der Waals surface area contributed by atoms with E-state index in [0.717, 1.165) is 35.3 Å². The fourth-order valence-corrected chi connectivity index (χ4v) is 4.55. The molecule has 1 aromatic heterocycles. The second-order valence-electron chi connectivity index (χ2n) is 8.26. The number of methoxy groups -OCH3 is 1. The molecule has 1 fully saturated rings. The lowest BCUT2D eigenvalue weighted by Crippen LogP contribution is -2.41. The van der Waals surface area contributed by atoms with Crippen molar-refractivity contribution in [2.24, 2.45) is 11.8 Å². The Morgan fingerprint density at radius 1 is 1.24 bits per heavy atom. The summed E-state index contributed by atoms with van der Waals surface area (Å²) in [5.41, 5.74) is 0.992. The number of ether oxygens (including phenoxy) is 1. The quantitative estimate of drug-likeness (QED) is 0.646. The molecule has 2 aromatic rings. The normalized spacial score (nSPS) is 19.3. The SMILES string of the molecule is COc1ccc(-c2nnc(SCC(=O)NC3CCCCC3C)n2CC(C)C)cc1. The van der Waals surface area contributed by atoms with Crippen molar-refractivity contribution in [1.82, 2.24) is 20.1 Å². The molecule has 0 saturated heterocycles. The number of hydrogen-bond acceptors (Lipinski definition) is 5. The van der Waals surface area contributed by atoms with Gasteiger partial charge < -0.3 is 14.6 Å². The van der Waals surface area contributed by atoms with E-state index in [1.54, 1.807) is 7.11 Å². The number of carbonyl (C=O) groups is 1. The number of thioether (sulfide) groups is 1. The first-order chi connectivity index (χ1) is 14.0. The minimum Gasteiger partial charge on any atom is -0.497 e. The Hall–Kier alpha value is -2.02. The van der Waals surface area contributed by atoms with Crippen LogP contribution in [0, 0.1) is 11.8 Å². The van der Waals surface area contributed by atoms with Crippen molar-refractivity contribution in [3.8, 4) is 17.1 Å². The predicted molar refractivity (Wildman–Crippen MR) is 117 cm³/mol. The number of aromatic nitrogens is 3. The van der Waals surface area contributed by atoms with Crippen LogP contribution in [-0.4, -0.2) is 39.6 Å². The first-order valence-corrected chi connectivity index (χ1v) is 11.5. The summed E-state index contributed by atoms with van der Waals surface area (Å²) in [6.45, 7) is 7.38. The van der Waals surface area contributed by atoms with Crippen LogP contribution in [0.15, 0.2) is 29.4 Å². The van der Waals surface area contributed by atoms with Crippen molar-refractivity contribution in [2.75, 3.05) is 12.9 Å². The van der Waals surface area contributed by atoms with Crippen molar-refractivity contribution in [1.29, 1.82) is 0 Å². The van der Waals surface area contributed by atoms with Gasteiger partial charge in [-0.25, -0.2) is 0 Å². The average Bonchev–Trinajstić information content (AvgIpc) is 3.10. The van der Waals surface area contributed by atoms with E-state index in [1.165, 1.54) is 31.0 Å². The number of nitrogens with one attached hydrogen (secondary N) is 1. The first-order valence-electron chi connectivity index (χ1n) is 10.5. The van der Waals surface area contributed by atoms with Gasteiger partial charge in [-0.05, 0) is 48.9 Å². The van der Waals surface area contributed by atoms with Crippen LogP contribution in [0.1, 0.15) is 46.5 Å². The third kappa shape index (κ3) is 5.75. The summed E-state index contributed by atoms with van der Waals surface area (Å²) in [6, 6.07) is 8.14. The molecule has 1 amide bonds. The molecule has 1 saturated carbocycles. The van der Waals surface area contributed by atoms with E-state index in [9.17, 15) is 4.79 Å². The van der Waals surface area contributed by atoms with E-state index in [-0.39, 0.29) is 5.91 Å². The van der Waals surface area contributed by atoms with Gasteiger partial charge in [0.15, 0.2) is 11.0 Å². The van der Waals surface area contributed by atoms with Gasteiger partial charge in [-0.1, -0.05) is 45.4 Å². The zero-order valence-electron chi connectivity index (χ0n) is 17.9. The number of carbonyl (C=O) groups excluding carboxylic acids is 1. The molecule has 2 atom stereocenters. The lowest BCUT2D eigenvalue weighted by molar-refractivity contribution is -0.119. The summed E-state index contributed by atoms with van der Waals surface area (Å²) in [5, 5.41) is 12.8. The van der Waals surface area contributed by atoms with Crippen LogP contribution in [0.3, 0.4) is 0 Å². The average molecular weight is 417 g/mol. The highest BCUT2D eigenvalue weighted by Gasteiger charge is 2.23. The highest BCUT2D eigenvalue weighted by molar-refractivity contribution is 7.99. The van der Waals surface area contributed by atoms with Crippen LogP contribution in [0.4, 0.5) is 0 Å². The number of amides is 1. The van der Waals surface area contributed by atoms with Gasteiger partial charge in [-0.3, -0.25) is 4.79 Å². The van der Waals surface area contributed by atoms with Gasteiger partial charge in [0.05, 0.1) is 12.9 Å². The molecule has 3 rings (SSSR count). The molecule has 0 spiro atoms. The lowest BCUT2D eigenvalue weighted by Gasteiger charge is -2.29. The molecule has 6 nitrogen and oxygen atoms in total. The Kier molecular flexibility index (Phi) is 7.58. The zero-order valence-corrected chi connectivity index (χ0v) is 18.7. The monoisotopic (exact) mass is 416 g/mol. The van der Waals surface area contributed by atoms with Crippen molar-refractivity contribution in [3.63, 3.8) is 0 Å². The summed E-state index contributed by atoms with van der Waals surface area (Å²) in [5.74, 6) is 3.08. The van der Waals surface area contributed by atoms with Crippen LogP contribution < -0.4 is 10.1 Å². The van der Waals surface area contributed by atoms with Gasteiger partial charge >= 0.3 is 0 Å². The molecule has 29 heavy (non-hydrogen) atoms. The maximum Gasteiger partial charge on any atom is 0.230 e. The molecule has 7 heteroatoms. The molecule has 1 heterocycles. The van der Waals surface area contributed by atoms with Crippen LogP contribution >= 0.6 is 11.8 Å². The third-order valence-electron chi connectivity index (χ3n) is 5.40. The van der Waals surface area contributed by atoms with Crippen LogP contribution in [0.2, 0.25) is 0 Å². The van der Waals surface area contributed by atoms with E-state index < -0.39 is 0 Å². The van der Waals surface area contributed by atoms with Crippen molar-refractivity contribution in [3.05, 3.63) is 24.3 Å². The fraction of sp³-hybridized carbons (Fsp3) is 0.591. The minimum absolute atomic E-state index is 0.0823. The van der Waals surface area contributed by atoms with Gasteiger partial charge in [0.25, 0.3) is 0 Å². The van der Waals surface area contributed by atoms with E-state index in [2.05, 4.69) is 40.9 Å². The Morgan fingerprint density at radius 3 is 2.62 bits per heavy atom. The zero-order chi connectivity index (χ0) is 20.8. The summed E-state index contributed by atoms with van der Waals surface area (Å²) in [4.78, 5) is 12.5. The molecule has 1 N–H and O–H groups in total. The Labute approximate surface area is 177 Å². The van der Waals surface area contributed by atoms with E-state index >= 15 is 0 Å². The van der Waals surface area contributed by atoms with Crippen molar-refractivity contribution < 1.29 is 9.53 Å². The molecule has 1 aliphatic carbocycles. The summed E-state index contributed by atoms with van der Waals surface area (Å²) in [6.07, 6.45) is 4.76. The van der Waals surface area contributed by atoms with E-state index in [1.807, 2.05) is 24.3 Å². The molecule has 0 bridgehead atoms. The predicted octanol–water partition coefficient (Wildman–Crippen LogP) is 4.40. The second-order valence-corrected chi connectivity index (χ2v) is 9.21. The minimum atomic E-state index is 0.0823. The number of nitrogens with zero attached hydrogens (tertiary/aromatic N) is 3. The number of rotatable bonds is 8. The summed E-state index contributed by atoms with van der Waals surface area (Å²) >= 11 is 1.46. The fourth-order valence-electron chi connectivity index (χ4n) is 3.79. The molecule has 158 valence electrons. The Bertz CT molecular complexity index is 804. The van der Waals surface area contributed by atoms with E-state index in [4.69, 9.17) is 4.74 Å². The molecule has 2 unspecified atom stereocenters. The Balaban J connectivity index is 1.69. The molecule has 0 radical (unpaired) electrons. The standard InChI is InChI=1S/C22H32N4O2S/c1-15(2)13-26-21(17-9-11-18(28-4)12-10-17)24-25-22(26)29-14-20(27)23-19-8-6-5-7-16(19)3/h9-12,15-16,19H,5-8,13-14H2,1-4H3,(H,23,27). The van der Waals surface area contributed by atoms with E-state index in [0.29, 0.717) is 23.6 Å². The molecule has 1 aromatic carbocycles. The van der Waals surface area contributed by atoms with Crippen LogP contribution in [0.5, 0.6) is 5.75 Å². The van der Waals surface area contributed by atoms with Gasteiger partial charge in [0.2, 0.25) is 5.91 Å². The van der Waals surface area contributed by atoms with Gasteiger partial charge in [0, 0.05) is 18.2 Å². The van der Waals surface area contributed by atoms with Crippen molar-refractivity contribution >= 4 is 17.7 Å². The first kappa shape index (κ1) is 21.7. The second kappa shape index (κ2) is 10.1. The largest absolute Gasteiger partial charge is 0.497 e. The smallest absolute Gasteiger partial charge is 0.230 e. The van der Waals surface area contributed by atoms with Gasteiger partial charge in [0.1, 0.15) is 5.75 Å². The Morgan fingerprint density at radius 2 is 1.97 bits per heavy atom. The molecular weight excluding hydrogens is 384 g/mol. The highest BCUT2D eigenvalue weighted by atomic mass is 32.2. The highest BCUT2D eigenvalue weighted by Crippen LogP contribution is 2.27. The van der Waals surface area contributed by atoms with Crippen LogP contribution in [0.25, 0.3) is 11.4 Å². The third-order valence-corrected chi connectivity index (χ3v) is 6.37. The number of benzene rings is 1. The number of hydrogen-bond donors (Lipinski definition) is 1. The summed E-state index contributed by atoms with van der Waals surface area (Å²) in [7, 11) is 1.66. The topological polar surface area (TPSA) is 69.0 Å². The van der Waals surface area contributed by atoms with Gasteiger partial charge in [-0.15, -0.1) is 10.2 Å². The van der Waals surface area contributed by atoms with Gasteiger partial charge in [-0.2, -0.15) is 0 Å². The maximum absolute atomic E-state index is 12.5. The molecule has 0 aliphatic heterocycles. The lowest BCUT2D eigenvalue weighted by atomic mass is 9.86. The van der Waals surface area contributed by atoms with Crippen LogP contribution in [-0.2, 0) is 11.3 Å².